The molecule has 0 unspecified atom stereocenters. The Balaban J connectivity index is 2.12. The lowest BCUT2D eigenvalue weighted by Crippen LogP contribution is -2.12. The van der Waals surface area contributed by atoms with Gasteiger partial charge in [-0.15, -0.1) is 0 Å². The van der Waals surface area contributed by atoms with Crippen LogP contribution in [0.25, 0.3) is 0 Å². The van der Waals surface area contributed by atoms with Crippen molar-refractivity contribution < 1.29 is 4.74 Å². The van der Waals surface area contributed by atoms with Crippen molar-refractivity contribution in [3.05, 3.63) is 53.2 Å². The third kappa shape index (κ3) is 3.45. The highest BCUT2D eigenvalue weighted by Crippen LogP contribution is 2.27. The second kappa shape index (κ2) is 6.38. The quantitative estimate of drug-likeness (QED) is 0.893. The van der Waals surface area contributed by atoms with E-state index in [1.165, 1.54) is 0 Å². The summed E-state index contributed by atoms with van der Waals surface area (Å²) < 4.78 is 5.66. The molecule has 0 aliphatic rings. The summed E-state index contributed by atoms with van der Waals surface area (Å²) in [5.74, 6) is 1.17. The summed E-state index contributed by atoms with van der Waals surface area (Å²) in [5, 5.41) is 3.80. The number of aromatic nitrogens is 1. The molecule has 0 fully saturated rings. The van der Waals surface area contributed by atoms with Crippen molar-refractivity contribution in [3.8, 4) is 11.6 Å². The lowest BCUT2D eigenvalue weighted by molar-refractivity contribution is 0.460. The Morgan fingerprint density at radius 1 is 1.17 bits per heavy atom. The summed E-state index contributed by atoms with van der Waals surface area (Å²) in [6, 6.07) is 13.1. The molecule has 0 spiro atoms. The summed E-state index contributed by atoms with van der Waals surface area (Å²) in [7, 11) is 0. The van der Waals surface area contributed by atoms with Crippen LogP contribution in [0.4, 0.5) is 0 Å². The maximum atomic E-state index is 6.03. The molecule has 0 atom stereocenters. The Morgan fingerprint density at radius 2 is 2.00 bits per heavy atom. The molecule has 0 aliphatic carbocycles. The monoisotopic (exact) mass is 262 g/mol. The minimum atomic E-state index is 0.554. The van der Waals surface area contributed by atoms with Gasteiger partial charge in [-0.2, -0.15) is 0 Å². The Labute approximate surface area is 112 Å². The molecule has 1 N–H and O–H groups in total. The normalized spacial score (nSPS) is 10.3. The first-order valence-electron chi connectivity index (χ1n) is 5.88. The highest BCUT2D eigenvalue weighted by atomic mass is 35.5. The highest BCUT2D eigenvalue weighted by molar-refractivity contribution is 6.32. The first kappa shape index (κ1) is 12.9. The Kier molecular flexibility index (Phi) is 4.56. The van der Waals surface area contributed by atoms with Crippen LogP contribution in [-0.4, -0.2) is 11.5 Å². The van der Waals surface area contributed by atoms with Crippen LogP contribution in [0.3, 0.4) is 0 Å². The van der Waals surface area contributed by atoms with Gasteiger partial charge >= 0.3 is 0 Å². The predicted octanol–water partition coefficient (Wildman–Crippen LogP) is 3.64. The van der Waals surface area contributed by atoms with Crippen molar-refractivity contribution in [3.63, 3.8) is 0 Å². The van der Waals surface area contributed by atoms with E-state index < -0.39 is 0 Å². The number of ether oxygens (including phenoxy) is 1. The largest absolute Gasteiger partial charge is 0.437 e. The third-order valence-corrected chi connectivity index (χ3v) is 2.70. The fraction of sp³-hybridized carbons (Fsp3) is 0.214. The van der Waals surface area contributed by atoms with Gasteiger partial charge in [-0.1, -0.05) is 36.7 Å². The van der Waals surface area contributed by atoms with E-state index in [2.05, 4.69) is 17.2 Å². The van der Waals surface area contributed by atoms with Gasteiger partial charge < -0.3 is 10.1 Å². The van der Waals surface area contributed by atoms with Crippen LogP contribution in [0.2, 0.25) is 5.02 Å². The van der Waals surface area contributed by atoms with E-state index in [-0.39, 0.29) is 0 Å². The minimum absolute atomic E-state index is 0.554. The summed E-state index contributed by atoms with van der Waals surface area (Å²) in [5.41, 5.74) is 0.946. The molecule has 1 heterocycles. The molecule has 0 radical (unpaired) electrons. The van der Waals surface area contributed by atoms with E-state index >= 15 is 0 Å². The summed E-state index contributed by atoms with van der Waals surface area (Å²) >= 11 is 6.03. The van der Waals surface area contributed by atoms with Gasteiger partial charge in [0.05, 0.1) is 10.7 Å². The standard InChI is InChI=1S/C14H15ClN2O/c1-2-16-10-11-6-5-9-14(17-11)18-13-8-4-3-7-12(13)15/h3-9,16H,2,10H2,1H3. The van der Waals surface area contributed by atoms with Crippen LogP contribution in [0.1, 0.15) is 12.6 Å². The minimum Gasteiger partial charge on any atom is -0.437 e. The zero-order chi connectivity index (χ0) is 12.8. The van der Waals surface area contributed by atoms with Crippen LogP contribution >= 0.6 is 11.6 Å². The number of para-hydroxylation sites is 1. The number of nitrogens with zero attached hydrogens (tertiary/aromatic N) is 1. The predicted molar refractivity (Wildman–Crippen MR) is 73.1 cm³/mol. The van der Waals surface area contributed by atoms with Crippen molar-refractivity contribution in [2.45, 2.75) is 13.5 Å². The lowest BCUT2D eigenvalue weighted by atomic mass is 10.3. The van der Waals surface area contributed by atoms with Gasteiger partial charge in [0.2, 0.25) is 5.88 Å². The molecule has 3 nitrogen and oxygen atoms in total. The molecule has 0 amide bonds. The maximum absolute atomic E-state index is 6.03. The second-order valence-corrected chi connectivity index (χ2v) is 4.19. The van der Waals surface area contributed by atoms with Crippen molar-refractivity contribution in [1.82, 2.24) is 10.3 Å². The Morgan fingerprint density at radius 3 is 2.78 bits per heavy atom. The molecule has 0 aliphatic heterocycles. The Bertz CT molecular complexity index is 517. The van der Waals surface area contributed by atoms with E-state index in [0.29, 0.717) is 16.7 Å². The van der Waals surface area contributed by atoms with E-state index in [1.54, 1.807) is 6.07 Å². The van der Waals surface area contributed by atoms with E-state index in [9.17, 15) is 0 Å². The van der Waals surface area contributed by atoms with E-state index in [4.69, 9.17) is 16.3 Å². The zero-order valence-corrected chi connectivity index (χ0v) is 10.9. The van der Waals surface area contributed by atoms with Crippen LogP contribution in [-0.2, 0) is 6.54 Å². The van der Waals surface area contributed by atoms with Crippen LogP contribution < -0.4 is 10.1 Å². The molecule has 0 saturated heterocycles. The van der Waals surface area contributed by atoms with Gasteiger partial charge in [-0.25, -0.2) is 4.98 Å². The molecular formula is C14H15ClN2O. The van der Waals surface area contributed by atoms with Crippen molar-refractivity contribution in [2.24, 2.45) is 0 Å². The number of nitrogens with one attached hydrogen (secondary N) is 1. The highest BCUT2D eigenvalue weighted by Gasteiger charge is 2.03. The molecule has 0 saturated carbocycles. The van der Waals surface area contributed by atoms with Crippen molar-refractivity contribution in [2.75, 3.05) is 6.54 Å². The van der Waals surface area contributed by atoms with Gasteiger partial charge in [0, 0.05) is 12.6 Å². The topological polar surface area (TPSA) is 34.1 Å². The fourth-order valence-corrected chi connectivity index (χ4v) is 1.68. The first-order chi connectivity index (χ1) is 8.79. The molecular weight excluding hydrogens is 248 g/mol. The van der Waals surface area contributed by atoms with Crippen LogP contribution in [0.15, 0.2) is 42.5 Å². The van der Waals surface area contributed by atoms with Gasteiger partial charge in [0.1, 0.15) is 5.75 Å². The number of halogens is 1. The van der Waals surface area contributed by atoms with E-state index in [1.807, 2.05) is 36.4 Å². The molecule has 0 bridgehead atoms. The van der Waals surface area contributed by atoms with Crippen molar-refractivity contribution in [1.29, 1.82) is 0 Å². The molecule has 18 heavy (non-hydrogen) atoms. The van der Waals surface area contributed by atoms with Gasteiger partial charge in [-0.3, -0.25) is 0 Å². The molecule has 1 aromatic heterocycles. The number of hydrogen-bond donors (Lipinski definition) is 1. The fourth-order valence-electron chi connectivity index (χ4n) is 1.51. The summed E-state index contributed by atoms with van der Waals surface area (Å²) in [4.78, 5) is 4.40. The summed E-state index contributed by atoms with van der Waals surface area (Å²) in [6.45, 7) is 3.71. The molecule has 1 aromatic carbocycles. The van der Waals surface area contributed by atoms with Gasteiger partial charge in [0.25, 0.3) is 0 Å². The second-order valence-electron chi connectivity index (χ2n) is 3.78. The molecule has 2 rings (SSSR count). The molecule has 4 heteroatoms. The number of pyridine rings is 1. The van der Waals surface area contributed by atoms with E-state index in [0.717, 1.165) is 18.8 Å². The smallest absolute Gasteiger partial charge is 0.219 e. The SMILES string of the molecule is CCNCc1cccc(Oc2ccccc2Cl)n1. The molecule has 94 valence electrons. The average Bonchev–Trinajstić information content (AvgIpc) is 2.40. The number of benzene rings is 1. The van der Waals surface area contributed by atoms with Crippen LogP contribution in [0, 0.1) is 0 Å². The van der Waals surface area contributed by atoms with Crippen molar-refractivity contribution >= 4 is 11.6 Å². The number of hydrogen-bond acceptors (Lipinski definition) is 3. The average molecular weight is 263 g/mol. The maximum Gasteiger partial charge on any atom is 0.219 e. The Hall–Kier alpha value is -1.58. The molecule has 2 aromatic rings. The third-order valence-electron chi connectivity index (χ3n) is 2.39. The van der Waals surface area contributed by atoms with Gasteiger partial charge in [0.15, 0.2) is 0 Å². The van der Waals surface area contributed by atoms with Crippen LogP contribution in [0.5, 0.6) is 11.6 Å². The zero-order valence-electron chi connectivity index (χ0n) is 10.2. The first-order valence-corrected chi connectivity index (χ1v) is 6.26. The summed E-state index contributed by atoms with van der Waals surface area (Å²) in [6.07, 6.45) is 0. The lowest BCUT2D eigenvalue weighted by Gasteiger charge is -2.08. The number of rotatable bonds is 5. The van der Waals surface area contributed by atoms with Gasteiger partial charge in [-0.05, 0) is 24.7 Å².